The molecule has 0 spiro atoms. The Morgan fingerprint density at radius 3 is 2.97 bits per heavy atom. The minimum atomic E-state index is -2.71. The molecule has 1 atom stereocenters. The number of aromatic amines is 1. The van der Waals surface area contributed by atoms with Crippen LogP contribution in [0.15, 0.2) is 42.9 Å². The number of hydrogen-bond acceptors (Lipinski definition) is 5. The van der Waals surface area contributed by atoms with Crippen molar-refractivity contribution in [3.05, 3.63) is 59.7 Å². The Kier molecular flexibility index (Phi) is 4.39. The van der Waals surface area contributed by atoms with Gasteiger partial charge in [0.1, 0.15) is 23.6 Å². The molecule has 0 bridgehead atoms. The third-order valence-corrected chi connectivity index (χ3v) is 5.24. The molecule has 0 amide bonds. The second-order valence-corrected chi connectivity index (χ2v) is 7.15. The van der Waals surface area contributed by atoms with Crippen molar-refractivity contribution in [2.45, 2.75) is 31.9 Å². The quantitative estimate of drug-likeness (QED) is 0.537. The van der Waals surface area contributed by atoms with Gasteiger partial charge in [-0.05, 0) is 49.1 Å². The monoisotopic (exact) mass is 406 g/mol. The van der Waals surface area contributed by atoms with E-state index in [1.165, 1.54) is 12.4 Å². The second-order valence-electron chi connectivity index (χ2n) is 7.15. The van der Waals surface area contributed by atoms with E-state index in [0.717, 1.165) is 41.4 Å². The molecule has 0 saturated carbocycles. The Labute approximate surface area is 169 Å². The van der Waals surface area contributed by atoms with Crippen LogP contribution in [0.5, 0.6) is 5.75 Å². The summed E-state index contributed by atoms with van der Waals surface area (Å²) in [4.78, 5) is 4.46. The molecule has 0 fully saturated rings. The van der Waals surface area contributed by atoms with Gasteiger partial charge in [-0.2, -0.15) is 24.2 Å². The number of nitrogens with zero attached hydrogens (tertiary/aromatic N) is 5. The lowest BCUT2D eigenvalue weighted by atomic mass is 9.93. The lowest BCUT2D eigenvalue weighted by molar-refractivity contribution is 0.0566. The maximum atomic E-state index is 12.9. The summed E-state index contributed by atoms with van der Waals surface area (Å²) in [6, 6.07) is 9.51. The second kappa shape index (κ2) is 7.22. The fourth-order valence-corrected chi connectivity index (χ4v) is 3.82. The average Bonchev–Trinajstić information content (AvgIpc) is 3.40. The number of ether oxygens (including phenoxy) is 1. The smallest absolute Gasteiger partial charge is 0.333 e. The largest absolute Gasteiger partial charge is 0.484 e. The van der Waals surface area contributed by atoms with Gasteiger partial charge >= 0.3 is 6.55 Å². The van der Waals surface area contributed by atoms with Gasteiger partial charge in [-0.25, -0.2) is 4.68 Å². The van der Waals surface area contributed by atoms with Crippen LogP contribution in [0.25, 0.3) is 22.2 Å². The van der Waals surface area contributed by atoms with Crippen LogP contribution in [-0.4, -0.2) is 25.0 Å². The topological polar surface area (TPSA) is 92.4 Å². The Bertz CT molecular complexity index is 1270. The molecule has 0 unspecified atom stereocenters. The first-order chi connectivity index (χ1) is 14.6. The molecule has 1 aliphatic carbocycles. The van der Waals surface area contributed by atoms with E-state index in [1.54, 1.807) is 6.20 Å². The number of nitrogens with one attached hydrogen (secondary N) is 1. The summed E-state index contributed by atoms with van der Waals surface area (Å²) in [5.74, 6) is 0.635. The molecule has 30 heavy (non-hydrogen) atoms. The van der Waals surface area contributed by atoms with Crippen molar-refractivity contribution in [1.29, 1.82) is 5.26 Å². The summed E-state index contributed by atoms with van der Waals surface area (Å²) in [5, 5.41) is 20.7. The van der Waals surface area contributed by atoms with Gasteiger partial charge in [0.2, 0.25) is 0 Å². The number of alkyl halides is 2. The molecule has 1 aromatic carbocycles. The summed E-state index contributed by atoms with van der Waals surface area (Å²) >= 11 is 0. The van der Waals surface area contributed by atoms with Crippen LogP contribution in [-0.2, 0) is 6.42 Å². The fraction of sp³-hybridized carbons (Fsp3) is 0.238. The van der Waals surface area contributed by atoms with Crippen molar-refractivity contribution in [2.75, 3.05) is 0 Å². The zero-order valence-corrected chi connectivity index (χ0v) is 15.7. The Morgan fingerprint density at radius 2 is 2.17 bits per heavy atom. The molecule has 9 heteroatoms. The number of aryl methyl sites for hydroxylation is 1. The predicted octanol–water partition coefficient (Wildman–Crippen LogP) is 4.54. The summed E-state index contributed by atoms with van der Waals surface area (Å²) in [6.45, 7) is -2.71. The SMILES string of the molecule is N#Cc1cnc2c(c1)CCC[C@H]2Oc1ccc2[nH]nc(-c3cnn(C(F)F)c3)c2c1. The number of nitriles is 1. The maximum Gasteiger partial charge on any atom is 0.333 e. The fourth-order valence-electron chi connectivity index (χ4n) is 3.82. The van der Waals surface area contributed by atoms with Crippen LogP contribution in [0.4, 0.5) is 8.78 Å². The Hall–Kier alpha value is -3.80. The minimum Gasteiger partial charge on any atom is -0.484 e. The number of pyridine rings is 1. The summed E-state index contributed by atoms with van der Waals surface area (Å²) in [7, 11) is 0. The van der Waals surface area contributed by atoms with Gasteiger partial charge in [0.25, 0.3) is 0 Å². The molecule has 4 aromatic rings. The highest BCUT2D eigenvalue weighted by Gasteiger charge is 2.24. The number of fused-ring (bicyclic) bond motifs is 2. The Morgan fingerprint density at radius 1 is 1.27 bits per heavy atom. The third-order valence-electron chi connectivity index (χ3n) is 5.24. The molecule has 0 radical (unpaired) electrons. The summed E-state index contributed by atoms with van der Waals surface area (Å²) < 4.78 is 32.5. The van der Waals surface area contributed by atoms with Crippen molar-refractivity contribution >= 4 is 10.9 Å². The first kappa shape index (κ1) is 18.2. The van der Waals surface area contributed by atoms with Gasteiger partial charge in [0, 0.05) is 23.3 Å². The van der Waals surface area contributed by atoms with E-state index in [4.69, 9.17) is 10.00 Å². The van der Waals surface area contributed by atoms with Gasteiger partial charge in [-0.1, -0.05) is 0 Å². The van der Waals surface area contributed by atoms with Crippen LogP contribution in [0.1, 0.15) is 42.3 Å². The number of benzene rings is 1. The van der Waals surface area contributed by atoms with Gasteiger partial charge in [-0.15, -0.1) is 0 Å². The molecular weight excluding hydrogens is 390 g/mol. The van der Waals surface area contributed by atoms with E-state index in [0.29, 0.717) is 27.3 Å². The molecule has 0 aliphatic heterocycles. The molecule has 3 aromatic heterocycles. The average molecular weight is 406 g/mol. The first-order valence-electron chi connectivity index (χ1n) is 9.49. The highest BCUT2D eigenvalue weighted by molar-refractivity contribution is 5.93. The Balaban J connectivity index is 1.47. The van der Waals surface area contributed by atoms with E-state index in [9.17, 15) is 8.78 Å². The zero-order valence-electron chi connectivity index (χ0n) is 15.7. The molecule has 5 rings (SSSR count). The van der Waals surface area contributed by atoms with Crippen molar-refractivity contribution in [3.63, 3.8) is 0 Å². The standard InChI is InChI=1S/C21H16F2N6O/c22-21(23)29-11-14(10-26-29)19-16-7-15(4-5-17(16)27-28-19)30-18-3-1-2-13-6-12(8-24)9-25-20(13)18/h4-7,9-11,18,21H,1-3H2,(H,27,28)/t18-/m1/s1. The van der Waals surface area contributed by atoms with Crippen molar-refractivity contribution < 1.29 is 13.5 Å². The number of hydrogen-bond donors (Lipinski definition) is 1. The highest BCUT2D eigenvalue weighted by atomic mass is 19.3. The van der Waals surface area contributed by atoms with Crippen molar-refractivity contribution in [1.82, 2.24) is 25.0 Å². The van der Waals surface area contributed by atoms with E-state index >= 15 is 0 Å². The number of rotatable bonds is 4. The van der Waals surface area contributed by atoms with Gasteiger partial charge in [-0.3, -0.25) is 10.1 Å². The van der Waals surface area contributed by atoms with Crippen LogP contribution in [0.2, 0.25) is 0 Å². The number of aromatic nitrogens is 5. The van der Waals surface area contributed by atoms with Crippen molar-refractivity contribution in [2.24, 2.45) is 0 Å². The normalized spacial score (nSPS) is 15.9. The molecule has 1 N–H and O–H groups in total. The molecular formula is C21H16F2N6O. The molecule has 150 valence electrons. The van der Waals surface area contributed by atoms with Gasteiger partial charge in [0.15, 0.2) is 0 Å². The van der Waals surface area contributed by atoms with Crippen molar-refractivity contribution in [3.8, 4) is 23.1 Å². The van der Waals surface area contributed by atoms with E-state index in [-0.39, 0.29) is 6.10 Å². The van der Waals surface area contributed by atoms with Gasteiger partial charge < -0.3 is 4.74 Å². The molecule has 3 heterocycles. The molecule has 1 aliphatic rings. The van der Waals surface area contributed by atoms with Crippen LogP contribution >= 0.6 is 0 Å². The van der Waals surface area contributed by atoms with Crippen LogP contribution in [0.3, 0.4) is 0 Å². The van der Waals surface area contributed by atoms with E-state index in [2.05, 4.69) is 26.3 Å². The first-order valence-corrected chi connectivity index (χ1v) is 9.49. The summed E-state index contributed by atoms with van der Waals surface area (Å²) in [5.41, 5.74) is 4.22. The van der Waals surface area contributed by atoms with Crippen LogP contribution in [0, 0.1) is 11.3 Å². The zero-order chi connectivity index (χ0) is 20.7. The molecule has 0 saturated heterocycles. The predicted molar refractivity (Wildman–Crippen MR) is 104 cm³/mol. The highest BCUT2D eigenvalue weighted by Crippen LogP contribution is 2.35. The lowest BCUT2D eigenvalue weighted by Crippen LogP contribution is -2.17. The number of halogens is 2. The third kappa shape index (κ3) is 3.16. The lowest BCUT2D eigenvalue weighted by Gasteiger charge is -2.25. The van der Waals surface area contributed by atoms with E-state index in [1.807, 2.05) is 24.3 Å². The molecule has 7 nitrogen and oxygen atoms in total. The summed E-state index contributed by atoms with van der Waals surface area (Å²) in [6.07, 6.45) is 6.63. The van der Waals surface area contributed by atoms with Crippen LogP contribution < -0.4 is 4.74 Å². The maximum absolute atomic E-state index is 12.9. The minimum absolute atomic E-state index is 0.212. The van der Waals surface area contributed by atoms with Gasteiger partial charge in [0.05, 0.1) is 23.0 Å². The van der Waals surface area contributed by atoms with E-state index < -0.39 is 6.55 Å². The number of H-pyrrole nitrogens is 1.